The fourth-order valence-corrected chi connectivity index (χ4v) is 2.27. The van der Waals surface area contributed by atoms with E-state index in [1.165, 1.54) is 6.42 Å². The van der Waals surface area contributed by atoms with Crippen LogP contribution in [0.1, 0.15) is 24.8 Å². The molecule has 4 nitrogen and oxygen atoms in total. The third kappa shape index (κ3) is 2.60. The van der Waals surface area contributed by atoms with Crippen LogP contribution in [-0.2, 0) is 6.54 Å². The predicted molar refractivity (Wildman–Crippen MR) is 70.1 cm³/mol. The van der Waals surface area contributed by atoms with Crippen molar-refractivity contribution in [3.63, 3.8) is 0 Å². The summed E-state index contributed by atoms with van der Waals surface area (Å²) in [6, 6.07) is 5.80. The number of hydrogen-bond acceptors (Lipinski definition) is 4. The molecule has 0 unspecified atom stereocenters. The van der Waals surface area contributed by atoms with Crippen molar-refractivity contribution in [2.24, 2.45) is 0 Å². The summed E-state index contributed by atoms with van der Waals surface area (Å²) in [5, 5.41) is 12.8. The first-order valence-corrected chi connectivity index (χ1v) is 6.30. The molecular formula is C14H21NO3. The lowest BCUT2D eigenvalue weighted by Crippen LogP contribution is -2.53. The highest BCUT2D eigenvalue weighted by atomic mass is 16.5. The van der Waals surface area contributed by atoms with Gasteiger partial charge in [0.05, 0.1) is 20.8 Å². The molecule has 0 bridgehead atoms. The first-order valence-electron chi connectivity index (χ1n) is 6.30. The maximum Gasteiger partial charge on any atom is 0.127 e. The SMILES string of the molecule is COc1ccc(CNC2(CO)CCC2)c(OC)c1. The second-order valence-corrected chi connectivity index (χ2v) is 4.82. The minimum Gasteiger partial charge on any atom is -0.497 e. The first-order chi connectivity index (χ1) is 8.73. The lowest BCUT2D eigenvalue weighted by Gasteiger charge is -2.41. The van der Waals surface area contributed by atoms with E-state index in [9.17, 15) is 5.11 Å². The molecule has 1 aromatic rings. The van der Waals surface area contributed by atoms with Crippen molar-refractivity contribution in [2.75, 3.05) is 20.8 Å². The monoisotopic (exact) mass is 251 g/mol. The van der Waals surface area contributed by atoms with Crippen molar-refractivity contribution in [3.05, 3.63) is 23.8 Å². The average molecular weight is 251 g/mol. The lowest BCUT2D eigenvalue weighted by atomic mass is 9.77. The van der Waals surface area contributed by atoms with Crippen LogP contribution >= 0.6 is 0 Å². The third-order valence-electron chi connectivity index (χ3n) is 3.76. The van der Waals surface area contributed by atoms with E-state index in [0.717, 1.165) is 29.9 Å². The molecule has 4 heteroatoms. The minimum atomic E-state index is -0.0784. The molecule has 0 heterocycles. The van der Waals surface area contributed by atoms with E-state index in [2.05, 4.69) is 5.32 Å². The van der Waals surface area contributed by atoms with Gasteiger partial charge in [-0.2, -0.15) is 0 Å². The Morgan fingerprint density at radius 3 is 2.56 bits per heavy atom. The van der Waals surface area contributed by atoms with Gasteiger partial charge in [0.2, 0.25) is 0 Å². The summed E-state index contributed by atoms with van der Waals surface area (Å²) >= 11 is 0. The van der Waals surface area contributed by atoms with Crippen molar-refractivity contribution < 1.29 is 14.6 Å². The Hall–Kier alpha value is -1.26. The lowest BCUT2D eigenvalue weighted by molar-refractivity contribution is 0.0870. The van der Waals surface area contributed by atoms with Crippen LogP contribution in [0.15, 0.2) is 18.2 Å². The van der Waals surface area contributed by atoms with Gasteiger partial charge < -0.3 is 19.9 Å². The zero-order valence-electron chi connectivity index (χ0n) is 11.0. The van der Waals surface area contributed by atoms with E-state index in [0.29, 0.717) is 6.54 Å². The smallest absolute Gasteiger partial charge is 0.127 e. The van der Waals surface area contributed by atoms with Crippen LogP contribution in [-0.4, -0.2) is 31.5 Å². The Balaban J connectivity index is 2.04. The molecule has 100 valence electrons. The van der Waals surface area contributed by atoms with Crippen LogP contribution in [0.25, 0.3) is 0 Å². The van der Waals surface area contributed by atoms with Gasteiger partial charge in [-0.05, 0) is 25.3 Å². The van der Waals surface area contributed by atoms with E-state index < -0.39 is 0 Å². The highest BCUT2D eigenvalue weighted by molar-refractivity contribution is 5.40. The standard InChI is InChI=1S/C14H21NO3/c1-17-12-5-4-11(13(8-12)18-2)9-15-14(10-16)6-3-7-14/h4-5,8,15-16H,3,6-7,9-10H2,1-2H3. The Bertz CT molecular complexity index is 397. The quantitative estimate of drug-likeness (QED) is 0.808. The average Bonchev–Trinajstić information content (AvgIpc) is 2.38. The summed E-state index contributed by atoms with van der Waals surface area (Å²) in [7, 11) is 3.30. The minimum absolute atomic E-state index is 0.0784. The van der Waals surface area contributed by atoms with Gasteiger partial charge >= 0.3 is 0 Å². The zero-order chi connectivity index (χ0) is 13.0. The number of methoxy groups -OCH3 is 2. The maximum atomic E-state index is 9.41. The largest absolute Gasteiger partial charge is 0.497 e. The van der Waals surface area contributed by atoms with E-state index in [1.807, 2.05) is 18.2 Å². The van der Waals surface area contributed by atoms with Gasteiger partial charge in [-0.25, -0.2) is 0 Å². The summed E-state index contributed by atoms with van der Waals surface area (Å²) in [4.78, 5) is 0. The maximum absolute atomic E-state index is 9.41. The van der Waals surface area contributed by atoms with Gasteiger partial charge in [0.15, 0.2) is 0 Å². The van der Waals surface area contributed by atoms with Gasteiger partial charge in [-0.3, -0.25) is 0 Å². The molecule has 0 aliphatic heterocycles. The molecule has 2 rings (SSSR count). The Morgan fingerprint density at radius 1 is 1.28 bits per heavy atom. The highest BCUT2D eigenvalue weighted by Gasteiger charge is 2.35. The molecule has 1 aromatic carbocycles. The van der Waals surface area contributed by atoms with Crippen LogP contribution < -0.4 is 14.8 Å². The summed E-state index contributed by atoms with van der Waals surface area (Å²) in [5.41, 5.74) is 1.00. The predicted octanol–water partition coefficient (Wildman–Crippen LogP) is 1.71. The molecule has 0 amide bonds. The number of ether oxygens (including phenoxy) is 2. The number of benzene rings is 1. The first kappa shape index (κ1) is 13.2. The number of aliphatic hydroxyl groups excluding tert-OH is 1. The van der Waals surface area contributed by atoms with Gasteiger partial charge in [0, 0.05) is 23.7 Å². The molecule has 0 saturated heterocycles. The molecule has 0 atom stereocenters. The second kappa shape index (κ2) is 5.59. The molecule has 0 aromatic heterocycles. The molecule has 1 saturated carbocycles. The molecule has 1 aliphatic rings. The highest BCUT2D eigenvalue weighted by Crippen LogP contribution is 2.32. The van der Waals surface area contributed by atoms with Gasteiger partial charge in [0.25, 0.3) is 0 Å². The number of aliphatic hydroxyl groups is 1. The second-order valence-electron chi connectivity index (χ2n) is 4.82. The van der Waals surface area contributed by atoms with Crippen LogP contribution in [0.4, 0.5) is 0 Å². The van der Waals surface area contributed by atoms with Crippen LogP contribution in [0, 0.1) is 0 Å². The van der Waals surface area contributed by atoms with Gasteiger partial charge in [-0.15, -0.1) is 0 Å². The Kier molecular flexibility index (Phi) is 4.09. The van der Waals surface area contributed by atoms with Crippen molar-refractivity contribution in [3.8, 4) is 11.5 Å². The molecular weight excluding hydrogens is 230 g/mol. The van der Waals surface area contributed by atoms with Crippen molar-refractivity contribution in [2.45, 2.75) is 31.3 Å². The van der Waals surface area contributed by atoms with Crippen LogP contribution in [0.2, 0.25) is 0 Å². The third-order valence-corrected chi connectivity index (χ3v) is 3.76. The molecule has 18 heavy (non-hydrogen) atoms. The summed E-state index contributed by atoms with van der Waals surface area (Å²) in [6.45, 7) is 0.902. The number of nitrogens with one attached hydrogen (secondary N) is 1. The summed E-state index contributed by atoms with van der Waals surface area (Å²) in [6.07, 6.45) is 3.28. The molecule has 1 aliphatic carbocycles. The molecule has 0 radical (unpaired) electrons. The van der Waals surface area contributed by atoms with Crippen molar-refractivity contribution >= 4 is 0 Å². The van der Waals surface area contributed by atoms with E-state index >= 15 is 0 Å². The van der Waals surface area contributed by atoms with Crippen LogP contribution in [0.3, 0.4) is 0 Å². The fourth-order valence-electron chi connectivity index (χ4n) is 2.27. The van der Waals surface area contributed by atoms with E-state index in [-0.39, 0.29) is 12.1 Å². The summed E-state index contributed by atoms with van der Waals surface area (Å²) in [5.74, 6) is 1.60. The molecule has 1 fully saturated rings. The van der Waals surface area contributed by atoms with Gasteiger partial charge in [0.1, 0.15) is 11.5 Å². The van der Waals surface area contributed by atoms with Crippen LogP contribution in [0.5, 0.6) is 11.5 Å². The molecule has 2 N–H and O–H groups in total. The fraction of sp³-hybridized carbons (Fsp3) is 0.571. The van der Waals surface area contributed by atoms with Crippen molar-refractivity contribution in [1.82, 2.24) is 5.32 Å². The molecule has 0 spiro atoms. The zero-order valence-corrected chi connectivity index (χ0v) is 11.0. The van der Waals surface area contributed by atoms with Crippen molar-refractivity contribution in [1.29, 1.82) is 0 Å². The topological polar surface area (TPSA) is 50.7 Å². The Morgan fingerprint density at radius 2 is 2.06 bits per heavy atom. The van der Waals surface area contributed by atoms with E-state index in [1.54, 1.807) is 14.2 Å². The van der Waals surface area contributed by atoms with Gasteiger partial charge in [-0.1, -0.05) is 6.07 Å². The number of rotatable bonds is 6. The Labute approximate surface area is 108 Å². The number of hydrogen-bond donors (Lipinski definition) is 2. The van der Waals surface area contributed by atoms with E-state index in [4.69, 9.17) is 9.47 Å². The summed E-state index contributed by atoms with van der Waals surface area (Å²) < 4.78 is 10.5. The normalized spacial score (nSPS) is 17.1.